The second-order valence-corrected chi connectivity index (χ2v) is 4.75. The molecular formula is C15H17N5. The Labute approximate surface area is 117 Å². The Hall–Kier alpha value is -2.56. The second-order valence-electron chi connectivity index (χ2n) is 4.75. The number of nitrogens with one attached hydrogen (secondary N) is 1. The summed E-state index contributed by atoms with van der Waals surface area (Å²) in [5.74, 6) is 0.833. The number of imidazole rings is 1. The largest absolute Gasteiger partial charge is 0.350 e. The van der Waals surface area contributed by atoms with Crippen molar-refractivity contribution in [1.29, 1.82) is 0 Å². The zero-order valence-electron chi connectivity index (χ0n) is 11.6. The fourth-order valence-corrected chi connectivity index (χ4v) is 2.13. The Morgan fingerprint density at radius 2 is 1.95 bits per heavy atom. The maximum absolute atomic E-state index is 4.53. The third-order valence-electron chi connectivity index (χ3n) is 3.06. The fourth-order valence-electron chi connectivity index (χ4n) is 2.13. The molecule has 20 heavy (non-hydrogen) atoms. The van der Waals surface area contributed by atoms with E-state index in [4.69, 9.17) is 0 Å². The Balaban J connectivity index is 1.83. The summed E-state index contributed by atoms with van der Waals surface area (Å²) in [4.78, 5) is 4.53. The van der Waals surface area contributed by atoms with Gasteiger partial charge in [-0.15, -0.1) is 0 Å². The Morgan fingerprint density at radius 1 is 1.15 bits per heavy atom. The zero-order valence-corrected chi connectivity index (χ0v) is 11.6. The van der Waals surface area contributed by atoms with E-state index < -0.39 is 0 Å². The van der Waals surface area contributed by atoms with Crippen LogP contribution >= 0.6 is 0 Å². The minimum absolute atomic E-state index is 0.657. The van der Waals surface area contributed by atoms with E-state index in [0.717, 1.165) is 23.0 Å². The molecule has 1 N–H and O–H groups in total. The van der Waals surface area contributed by atoms with Crippen molar-refractivity contribution in [3.8, 4) is 5.69 Å². The van der Waals surface area contributed by atoms with E-state index in [2.05, 4.69) is 32.1 Å². The fraction of sp³-hybridized carbons (Fsp3) is 0.200. The number of benzene rings is 1. The van der Waals surface area contributed by atoms with Gasteiger partial charge in [0.05, 0.1) is 17.9 Å². The highest BCUT2D eigenvalue weighted by Crippen LogP contribution is 2.16. The molecule has 3 aromatic rings. The summed E-state index contributed by atoms with van der Waals surface area (Å²) >= 11 is 0. The minimum atomic E-state index is 0.657. The summed E-state index contributed by atoms with van der Waals surface area (Å²) in [6.45, 7) is 2.65. The van der Waals surface area contributed by atoms with Crippen LogP contribution in [0.5, 0.6) is 0 Å². The lowest BCUT2D eigenvalue weighted by Crippen LogP contribution is -2.06. The predicted octanol–water partition coefficient (Wildman–Crippen LogP) is 2.53. The predicted molar refractivity (Wildman–Crippen MR) is 78.8 cm³/mol. The van der Waals surface area contributed by atoms with Crippen molar-refractivity contribution in [2.24, 2.45) is 7.05 Å². The van der Waals surface area contributed by atoms with Gasteiger partial charge in [-0.1, -0.05) is 18.2 Å². The van der Waals surface area contributed by atoms with Crippen LogP contribution in [0.2, 0.25) is 0 Å². The Morgan fingerprint density at radius 3 is 2.65 bits per heavy atom. The van der Waals surface area contributed by atoms with Gasteiger partial charge in [0.25, 0.3) is 0 Å². The maximum Gasteiger partial charge on any atom is 0.208 e. The molecule has 0 unspecified atom stereocenters. The first-order valence-corrected chi connectivity index (χ1v) is 6.56. The molecule has 3 rings (SSSR count). The molecular weight excluding hydrogens is 250 g/mol. The summed E-state index contributed by atoms with van der Waals surface area (Å²) in [5.41, 5.74) is 3.07. The standard InChI is InChI=1S/C15H17N5/c1-12-11-20(14-6-4-3-5-7-14)15(17-12)16-10-13-8-9-19(2)18-13/h3-9,11H,10H2,1-2H3,(H,16,17). The Kier molecular flexibility index (Phi) is 3.25. The summed E-state index contributed by atoms with van der Waals surface area (Å²) in [7, 11) is 1.92. The number of aromatic nitrogens is 4. The third kappa shape index (κ3) is 2.56. The third-order valence-corrected chi connectivity index (χ3v) is 3.06. The average Bonchev–Trinajstić information content (AvgIpc) is 3.03. The van der Waals surface area contributed by atoms with Gasteiger partial charge in [-0.2, -0.15) is 5.10 Å². The van der Waals surface area contributed by atoms with Crippen LogP contribution in [0.15, 0.2) is 48.8 Å². The van der Waals surface area contributed by atoms with E-state index in [1.165, 1.54) is 0 Å². The van der Waals surface area contributed by atoms with Crippen molar-refractivity contribution in [3.05, 3.63) is 60.2 Å². The van der Waals surface area contributed by atoms with Crippen LogP contribution in [0.4, 0.5) is 5.95 Å². The van der Waals surface area contributed by atoms with E-state index in [-0.39, 0.29) is 0 Å². The molecule has 5 nitrogen and oxygen atoms in total. The number of hydrogen-bond donors (Lipinski definition) is 1. The van der Waals surface area contributed by atoms with Gasteiger partial charge in [-0.05, 0) is 25.1 Å². The molecule has 0 saturated heterocycles. The summed E-state index contributed by atoms with van der Waals surface area (Å²) in [6, 6.07) is 12.2. The molecule has 0 aliphatic rings. The molecule has 2 heterocycles. The van der Waals surface area contributed by atoms with E-state index in [1.807, 2.05) is 50.6 Å². The Bertz CT molecular complexity index is 696. The quantitative estimate of drug-likeness (QED) is 0.790. The molecule has 0 fully saturated rings. The number of nitrogens with zero attached hydrogens (tertiary/aromatic N) is 4. The van der Waals surface area contributed by atoms with E-state index in [0.29, 0.717) is 6.54 Å². The van der Waals surface area contributed by atoms with Crippen LogP contribution < -0.4 is 5.32 Å². The second kappa shape index (κ2) is 5.21. The number of rotatable bonds is 4. The molecule has 0 amide bonds. The van der Waals surface area contributed by atoms with Crippen LogP contribution in [-0.4, -0.2) is 19.3 Å². The van der Waals surface area contributed by atoms with Crippen molar-refractivity contribution in [2.75, 3.05) is 5.32 Å². The monoisotopic (exact) mass is 267 g/mol. The first kappa shape index (κ1) is 12.5. The van der Waals surface area contributed by atoms with Gasteiger partial charge >= 0.3 is 0 Å². The van der Waals surface area contributed by atoms with Crippen molar-refractivity contribution >= 4 is 5.95 Å². The van der Waals surface area contributed by atoms with Crippen LogP contribution in [-0.2, 0) is 13.6 Å². The molecule has 0 radical (unpaired) electrons. The summed E-state index contributed by atoms with van der Waals surface area (Å²) < 4.78 is 3.85. The number of aryl methyl sites for hydroxylation is 2. The minimum Gasteiger partial charge on any atom is -0.350 e. The lowest BCUT2D eigenvalue weighted by molar-refractivity contribution is 0.746. The van der Waals surface area contributed by atoms with E-state index >= 15 is 0 Å². The molecule has 5 heteroatoms. The number of hydrogen-bond acceptors (Lipinski definition) is 3. The normalized spacial score (nSPS) is 10.7. The highest BCUT2D eigenvalue weighted by atomic mass is 15.3. The van der Waals surface area contributed by atoms with Crippen molar-refractivity contribution in [2.45, 2.75) is 13.5 Å². The lowest BCUT2D eigenvalue weighted by Gasteiger charge is -2.08. The molecule has 0 atom stereocenters. The first-order chi connectivity index (χ1) is 9.72. The van der Waals surface area contributed by atoms with Gasteiger partial charge in [0, 0.05) is 25.1 Å². The van der Waals surface area contributed by atoms with E-state index in [9.17, 15) is 0 Å². The highest BCUT2D eigenvalue weighted by Gasteiger charge is 2.07. The van der Waals surface area contributed by atoms with Crippen LogP contribution in [0, 0.1) is 6.92 Å². The SMILES string of the molecule is Cc1cn(-c2ccccc2)c(NCc2ccn(C)n2)n1. The zero-order chi connectivity index (χ0) is 13.9. The molecule has 0 bridgehead atoms. The highest BCUT2D eigenvalue weighted by molar-refractivity contribution is 5.43. The smallest absolute Gasteiger partial charge is 0.208 e. The van der Waals surface area contributed by atoms with Gasteiger partial charge in [-0.3, -0.25) is 9.25 Å². The van der Waals surface area contributed by atoms with Crippen LogP contribution in [0.3, 0.4) is 0 Å². The molecule has 1 aromatic carbocycles. The number of anilines is 1. The molecule has 0 saturated carbocycles. The van der Waals surface area contributed by atoms with Crippen LogP contribution in [0.1, 0.15) is 11.4 Å². The molecule has 0 aliphatic heterocycles. The molecule has 0 spiro atoms. The first-order valence-electron chi connectivity index (χ1n) is 6.56. The maximum atomic E-state index is 4.53. The van der Waals surface area contributed by atoms with Gasteiger partial charge in [-0.25, -0.2) is 4.98 Å². The topological polar surface area (TPSA) is 47.7 Å². The number of para-hydroxylation sites is 1. The van der Waals surface area contributed by atoms with Gasteiger partial charge < -0.3 is 5.32 Å². The molecule has 2 aromatic heterocycles. The van der Waals surface area contributed by atoms with Gasteiger partial charge in [0.15, 0.2) is 0 Å². The molecule has 0 aliphatic carbocycles. The van der Waals surface area contributed by atoms with Crippen molar-refractivity contribution in [1.82, 2.24) is 19.3 Å². The average molecular weight is 267 g/mol. The van der Waals surface area contributed by atoms with E-state index in [1.54, 1.807) is 4.68 Å². The summed E-state index contributed by atoms with van der Waals surface area (Å²) in [6.07, 6.45) is 3.96. The van der Waals surface area contributed by atoms with Crippen molar-refractivity contribution < 1.29 is 0 Å². The molecule has 102 valence electrons. The van der Waals surface area contributed by atoms with Gasteiger partial charge in [0.2, 0.25) is 5.95 Å². The van der Waals surface area contributed by atoms with Gasteiger partial charge in [0.1, 0.15) is 0 Å². The summed E-state index contributed by atoms with van der Waals surface area (Å²) in [5, 5.41) is 7.69. The lowest BCUT2D eigenvalue weighted by atomic mass is 10.3. The van der Waals surface area contributed by atoms with Crippen LogP contribution in [0.25, 0.3) is 5.69 Å². The van der Waals surface area contributed by atoms with Crippen molar-refractivity contribution in [3.63, 3.8) is 0 Å².